The molecular formula is C14H18BrF3N2O2S. The number of ether oxygens (including phenoxy) is 1. The minimum atomic E-state index is -4.57. The van der Waals surface area contributed by atoms with Crippen LogP contribution in [0.15, 0.2) is 3.79 Å². The van der Waals surface area contributed by atoms with E-state index in [1.807, 2.05) is 0 Å². The molecule has 1 saturated carbocycles. The van der Waals surface area contributed by atoms with Crippen molar-refractivity contribution in [2.45, 2.75) is 64.3 Å². The van der Waals surface area contributed by atoms with Gasteiger partial charge in [-0.3, -0.25) is 0 Å². The highest BCUT2D eigenvalue weighted by Gasteiger charge is 2.40. The van der Waals surface area contributed by atoms with E-state index < -0.39 is 23.6 Å². The zero-order chi connectivity index (χ0) is 17.4. The Morgan fingerprint density at radius 3 is 2.30 bits per heavy atom. The first-order valence-electron chi connectivity index (χ1n) is 7.25. The van der Waals surface area contributed by atoms with Gasteiger partial charge in [-0.05, 0) is 49.5 Å². The van der Waals surface area contributed by atoms with Crippen molar-refractivity contribution in [1.29, 1.82) is 0 Å². The van der Waals surface area contributed by atoms with Gasteiger partial charge in [0.15, 0.2) is 10.8 Å². The standard InChI is InChI=1S/C14H18BrF3N2O2S/c1-13(2,3)22-12(21)20(8-6-4-5-7-8)11-19-9(10(15)23-11)14(16,17)18/h8H,4-7H2,1-3H3. The van der Waals surface area contributed by atoms with Gasteiger partial charge < -0.3 is 4.74 Å². The van der Waals surface area contributed by atoms with E-state index in [0.29, 0.717) is 0 Å². The topological polar surface area (TPSA) is 42.4 Å². The van der Waals surface area contributed by atoms with Gasteiger partial charge in [-0.15, -0.1) is 0 Å². The molecule has 23 heavy (non-hydrogen) atoms. The Labute approximate surface area is 145 Å². The van der Waals surface area contributed by atoms with Gasteiger partial charge in [0.2, 0.25) is 0 Å². The number of thiazole rings is 1. The average molecular weight is 415 g/mol. The summed E-state index contributed by atoms with van der Waals surface area (Å²) in [4.78, 5) is 17.4. The summed E-state index contributed by atoms with van der Waals surface area (Å²) in [5, 5.41) is 0.0188. The molecule has 1 aliphatic rings. The Morgan fingerprint density at radius 1 is 1.30 bits per heavy atom. The van der Waals surface area contributed by atoms with Crippen molar-refractivity contribution < 1.29 is 22.7 Å². The summed E-state index contributed by atoms with van der Waals surface area (Å²) in [5.74, 6) is 0. The van der Waals surface area contributed by atoms with Crippen LogP contribution in [0.2, 0.25) is 0 Å². The van der Waals surface area contributed by atoms with E-state index in [-0.39, 0.29) is 15.0 Å². The molecule has 1 heterocycles. The smallest absolute Gasteiger partial charge is 0.435 e. The van der Waals surface area contributed by atoms with Crippen molar-refractivity contribution in [2.24, 2.45) is 0 Å². The third kappa shape index (κ3) is 4.59. The first-order chi connectivity index (χ1) is 10.5. The van der Waals surface area contributed by atoms with E-state index in [1.165, 1.54) is 4.90 Å². The molecule has 1 aromatic rings. The van der Waals surface area contributed by atoms with Crippen molar-refractivity contribution in [3.8, 4) is 0 Å². The minimum Gasteiger partial charge on any atom is -0.443 e. The van der Waals surface area contributed by atoms with Crippen LogP contribution in [-0.2, 0) is 10.9 Å². The summed E-state index contributed by atoms with van der Waals surface area (Å²) in [7, 11) is 0. The van der Waals surface area contributed by atoms with Crippen LogP contribution in [0.25, 0.3) is 0 Å². The third-order valence-corrected chi connectivity index (χ3v) is 5.03. The van der Waals surface area contributed by atoms with Crippen LogP contribution in [0.4, 0.5) is 23.1 Å². The third-order valence-electron chi connectivity index (χ3n) is 3.33. The lowest BCUT2D eigenvalue weighted by atomic mass is 10.2. The van der Waals surface area contributed by atoms with E-state index in [9.17, 15) is 18.0 Å². The van der Waals surface area contributed by atoms with E-state index in [1.54, 1.807) is 20.8 Å². The Hall–Kier alpha value is -0.830. The molecule has 2 rings (SSSR count). The number of rotatable bonds is 2. The molecule has 1 aromatic heterocycles. The highest BCUT2D eigenvalue weighted by atomic mass is 79.9. The molecule has 1 fully saturated rings. The summed E-state index contributed by atoms with van der Waals surface area (Å²) in [6.45, 7) is 5.16. The Morgan fingerprint density at radius 2 is 1.87 bits per heavy atom. The molecular weight excluding hydrogens is 397 g/mol. The molecule has 1 aliphatic carbocycles. The number of carbonyl (C=O) groups excluding carboxylic acids is 1. The maximum Gasteiger partial charge on any atom is 0.435 e. The monoisotopic (exact) mass is 414 g/mol. The van der Waals surface area contributed by atoms with Gasteiger partial charge in [0, 0.05) is 6.04 Å². The molecule has 0 N–H and O–H groups in total. The largest absolute Gasteiger partial charge is 0.443 e. The first-order valence-corrected chi connectivity index (χ1v) is 8.86. The molecule has 9 heteroatoms. The average Bonchev–Trinajstić information content (AvgIpc) is 2.96. The molecule has 1 amide bonds. The van der Waals surface area contributed by atoms with Crippen LogP contribution >= 0.6 is 27.3 Å². The maximum atomic E-state index is 13.0. The fourth-order valence-corrected chi connectivity index (χ4v) is 4.05. The van der Waals surface area contributed by atoms with Crippen LogP contribution in [0.3, 0.4) is 0 Å². The zero-order valence-electron chi connectivity index (χ0n) is 13.0. The van der Waals surface area contributed by atoms with Crippen molar-refractivity contribution in [2.75, 3.05) is 4.90 Å². The molecule has 0 atom stereocenters. The highest BCUT2D eigenvalue weighted by molar-refractivity contribution is 9.11. The van der Waals surface area contributed by atoms with Gasteiger partial charge >= 0.3 is 12.3 Å². The molecule has 0 aromatic carbocycles. The van der Waals surface area contributed by atoms with Gasteiger partial charge in [-0.1, -0.05) is 24.2 Å². The van der Waals surface area contributed by atoms with Gasteiger partial charge in [0.25, 0.3) is 0 Å². The number of nitrogens with zero attached hydrogens (tertiary/aromatic N) is 2. The normalized spacial score (nSPS) is 16.7. The lowest BCUT2D eigenvalue weighted by Gasteiger charge is -2.29. The summed E-state index contributed by atoms with van der Waals surface area (Å²) >= 11 is 3.70. The number of anilines is 1. The summed E-state index contributed by atoms with van der Waals surface area (Å²) in [6, 6.07) is -0.177. The fourth-order valence-electron chi connectivity index (χ4n) is 2.43. The lowest BCUT2D eigenvalue weighted by Crippen LogP contribution is -2.42. The van der Waals surface area contributed by atoms with Gasteiger partial charge in [0.05, 0.1) is 0 Å². The van der Waals surface area contributed by atoms with E-state index in [0.717, 1.165) is 37.0 Å². The first kappa shape index (κ1) is 18.5. The van der Waals surface area contributed by atoms with E-state index >= 15 is 0 Å². The molecule has 0 spiro atoms. The van der Waals surface area contributed by atoms with Crippen LogP contribution in [-0.4, -0.2) is 22.7 Å². The van der Waals surface area contributed by atoms with Crippen LogP contribution in [0.1, 0.15) is 52.1 Å². The number of halogens is 4. The van der Waals surface area contributed by atoms with Gasteiger partial charge in [0.1, 0.15) is 9.39 Å². The Bertz CT molecular complexity index is 578. The lowest BCUT2D eigenvalue weighted by molar-refractivity contribution is -0.141. The van der Waals surface area contributed by atoms with Gasteiger partial charge in [-0.2, -0.15) is 13.2 Å². The van der Waals surface area contributed by atoms with E-state index in [2.05, 4.69) is 20.9 Å². The molecule has 0 radical (unpaired) electrons. The van der Waals surface area contributed by atoms with E-state index in [4.69, 9.17) is 4.74 Å². The molecule has 4 nitrogen and oxygen atoms in total. The van der Waals surface area contributed by atoms with Crippen LogP contribution < -0.4 is 4.90 Å². The summed E-state index contributed by atoms with van der Waals surface area (Å²) in [5.41, 5.74) is -1.74. The highest BCUT2D eigenvalue weighted by Crippen LogP contribution is 2.42. The summed E-state index contributed by atoms with van der Waals surface area (Å²) < 4.78 is 44.1. The van der Waals surface area contributed by atoms with Crippen LogP contribution in [0, 0.1) is 0 Å². The molecule has 0 unspecified atom stereocenters. The number of hydrogen-bond donors (Lipinski definition) is 0. The molecule has 0 aliphatic heterocycles. The predicted octanol–water partition coefficient (Wildman–Crippen LogP) is 5.61. The van der Waals surface area contributed by atoms with Crippen molar-refractivity contribution in [3.05, 3.63) is 9.48 Å². The minimum absolute atomic E-state index is 0.0188. The van der Waals surface area contributed by atoms with Crippen molar-refractivity contribution in [1.82, 2.24) is 4.98 Å². The van der Waals surface area contributed by atoms with Crippen LogP contribution in [0.5, 0.6) is 0 Å². The van der Waals surface area contributed by atoms with Crippen molar-refractivity contribution in [3.63, 3.8) is 0 Å². The molecule has 0 bridgehead atoms. The Kier molecular flexibility index (Phi) is 5.30. The fraction of sp³-hybridized carbons (Fsp3) is 0.714. The molecule has 130 valence electrons. The number of carbonyl (C=O) groups is 1. The number of aromatic nitrogens is 1. The second-order valence-corrected chi connectivity index (χ2v) is 8.70. The number of hydrogen-bond acceptors (Lipinski definition) is 4. The van der Waals surface area contributed by atoms with Crippen molar-refractivity contribution >= 4 is 38.5 Å². The Balaban J connectivity index is 2.36. The number of amides is 1. The zero-order valence-corrected chi connectivity index (χ0v) is 15.4. The second kappa shape index (κ2) is 6.58. The second-order valence-electron chi connectivity index (χ2n) is 6.41. The predicted molar refractivity (Wildman–Crippen MR) is 85.8 cm³/mol. The maximum absolute atomic E-state index is 13.0. The molecule has 0 saturated heterocycles. The SMILES string of the molecule is CC(C)(C)OC(=O)N(c1nc(C(F)(F)F)c(Br)s1)C1CCCC1. The quantitative estimate of drug-likeness (QED) is 0.631. The number of alkyl halides is 3. The summed E-state index contributed by atoms with van der Waals surface area (Å²) in [6.07, 6.45) is -1.89. The van der Waals surface area contributed by atoms with Gasteiger partial charge in [-0.25, -0.2) is 14.7 Å².